The Kier molecular flexibility index (Phi) is 4.14. The van der Waals surface area contributed by atoms with E-state index < -0.39 is 5.97 Å². The zero-order valence-corrected chi connectivity index (χ0v) is 10.2. The second-order valence-electron chi connectivity index (χ2n) is 3.41. The third-order valence-corrected chi connectivity index (χ3v) is 2.94. The second kappa shape index (κ2) is 6.02. The average Bonchev–Trinajstić information content (AvgIpc) is 2.38. The molecular weight excluding hydrogens is 250 g/mol. The average molecular weight is 261 g/mol. The molecule has 0 amide bonds. The number of thioether (sulfide) groups is 1. The van der Waals surface area contributed by atoms with Crippen LogP contribution in [-0.2, 0) is 4.79 Å². The first kappa shape index (κ1) is 12.4. The summed E-state index contributed by atoms with van der Waals surface area (Å²) in [5.74, 6) is -0.234. The molecule has 0 spiro atoms. The summed E-state index contributed by atoms with van der Waals surface area (Å²) in [4.78, 5) is 18.5. The van der Waals surface area contributed by atoms with E-state index in [0.717, 1.165) is 17.4 Å². The van der Waals surface area contributed by atoms with E-state index in [1.54, 1.807) is 6.07 Å². The smallest absolute Gasteiger partial charge is 0.313 e. The third kappa shape index (κ3) is 3.74. The molecule has 1 heterocycles. The number of carboxylic acids is 1. The van der Waals surface area contributed by atoms with Gasteiger partial charge in [0.1, 0.15) is 17.2 Å². The lowest BCUT2D eigenvalue weighted by atomic mass is 10.3. The summed E-state index contributed by atoms with van der Waals surface area (Å²) in [5, 5.41) is 12.3. The number of para-hydroxylation sites is 1. The number of hydrogen-bond acceptors (Lipinski definition) is 5. The fourth-order valence-corrected chi connectivity index (χ4v) is 1.88. The molecule has 0 fully saturated rings. The topological polar surface area (TPSA) is 75.1 Å². The predicted octanol–water partition coefficient (Wildman–Crippen LogP) is 2.40. The number of hydrogen-bond donors (Lipinski definition) is 2. The maximum atomic E-state index is 10.5. The van der Waals surface area contributed by atoms with Gasteiger partial charge >= 0.3 is 5.97 Å². The highest BCUT2D eigenvalue weighted by Crippen LogP contribution is 2.19. The molecule has 2 rings (SSSR count). The minimum absolute atomic E-state index is 0.0121. The Labute approximate surface area is 108 Å². The monoisotopic (exact) mass is 261 g/mol. The van der Waals surface area contributed by atoms with Gasteiger partial charge in [0.05, 0.1) is 5.75 Å². The van der Waals surface area contributed by atoms with Crippen LogP contribution in [0, 0.1) is 0 Å². The second-order valence-corrected chi connectivity index (χ2v) is 4.41. The van der Waals surface area contributed by atoms with E-state index in [0.29, 0.717) is 10.8 Å². The van der Waals surface area contributed by atoms with Gasteiger partial charge in [-0.3, -0.25) is 4.79 Å². The summed E-state index contributed by atoms with van der Waals surface area (Å²) < 4.78 is 0. The van der Waals surface area contributed by atoms with Gasteiger partial charge in [0.25, 0.3) is 0 Å². The molecule has 0 aliphatic carbocycles. The number of nitrogens with zero attached hydrogens (tertiary/aromatic N) is 2. The van der Waals surface area contributed by atoms with Crippen molar-refractivity contribution in [2.24, 2.45) is 0 Å². The SMILES string of the molecule is O=C(O)CSc1cc(Nc2ccccc2)ncn1. The van der Waals surface area contributed by atoms with Gasteiger partial charge in [-0.15, -0.1) is 0 Å². The van der Waals surface area contributed by atoms with E-state index in [-0.39, 0.29) is 5.75 Å². The minimum Gasteiger partial charge on any atom is -0.481 e. The van der Waals surface area contributed by atoms with Crippen LogP contribution in [0.25, 0.3) is 0 Å². The Balaban J connectivity index is 2.05. The quantitative estimate of drug-likeness (QED) is 0.636. The van der Waals surface area contributed by atoms with E-state index in [1.165, 1.54) is 6.33 Å². The number of rotatable bonds is 5. The van der Waals surface area contributed by atoms with Gasteiger partial charge in [0.15, 0.2) is 0 Å². The molecule has 5 nitrogen and oxygen atoms in total. The van der Waals surface area contributed by atoms with Gasteiger partial charge in [0.2, 0.25) is 0 Å². The lowest BCUT2D eigenvalue weighted by molar-refractivity contribution is -0.133. The van der Waals surface area contributed by atoms with Crippen LogP contribution in [0.3, 0.4) is 0 Å². The Morgan fingerprint density at radius 1 is 1.28 bits per heavy atom. The van der Waals surface area contributed by atoms with Gasteiger partial charge in [-0.25, -0.2) is 9.97 Å². The Morgan fingerprint density at radius 2 is 2.06 bits per heavy atom. The van der Waals surface area contributed by atoms with Crippen molar-refractivity contribution in [2.45, 2.75) is 5.03 Å². The fraction of sp³-hybridized carbons (Fsp3) is 0.0833. The van der Waals surface area contributed by atoms with Crippen LogP contribution in [0.2, 0.25) is 0 Å². The summed E-state index contributed by atoms with van der Waals surface area (Å²) >= 11 is 1.16. The van der Waals surface area contributed by atoms with E-state index in [4.69, 9.17) is 5.11 Å². The molecule has 0 aliphatic rings. The molecule has 0 atom stereocenters. The van der Waals surface area contributed by atoms with Crippen molar-refractivity contribution >= 4 is 29.2 Å². The molecule has 2 N–H and O–H groups in total. The molecule has 0 aliphatic heterocycles. The highest BCUT2D eigenvalue weighted by molar-refractivity contribution is 7.99. The number of carboxylic acid groups (broad SMARTS) is 1. The number of aliphatic carboxylic acids is 1. The summed E-state index contributed by atoms with van der Waals surface area (Å²) in [6, 6.07) is 11.3. The number of nitrogens with one attached hydrogen (secondary N) is 1. The summed E-state index contributed by atoms with van der Waals surface area (Å²) in [6.45, 7) is 0. The molecule has 2 aromatic rings. The van der Waals surface area contributed by atoms with Crippen LogP contribution in [0.15, 0.2) is 47.8 Å². The number of carbonyl (C=O) groups is 1. The van der Waals surface area contributed by atoms with Crippen LogP contribution in [0.4, 0.5) is 11.5 Å². The van der Waals surface area contributed by atoms with Crippen LogP contribution < -0.4 is 5.32 Å². The molecule has 1 aromatic heterocycles. The Morgan fingerprint density at radius 3 is 2.78 bits per heavy atom. The van der Waals surface area contributed by atoms with Crippen molar-refractivity contribution in [1.29, 1.82) is 0 Å². The summed E-state index contributed by atoms with van der Waals surface area (Å²) in [6.07, 6.45) is 1.41. The van der Waals surface area contributed by atoms with Gasteiger partial charge in [-0.1, -0.05) is 30.0 Å². The first-order chi connectivity index (χ1) is 8.74. The zero-order chi connectivity index (χ0) is 12.8. The largest absolute Gasteiger partial charge is 0.481 e. The molecule has 0 radical (unpaired) electrons. The van der Waals surface area contributed by atoms with Crippen LogP contribution in [-0.4, -0.2) is 26.8 Å². The van der Waals surface area contributed by atoms with Gasteiger partial charge in [-0.2, -0.15) is 0 Å². The maximum absolute atomic E-state index is 10.5. The van der Waals surface area contributed by atoms with Crippen molar-refractivity contribution in [3.05, 3.63) is 42.7 Å². The fourth-order valence-electron chi connectivity index (χ4n) is 1.29. The van der Waals surface area contributed by atoms with Crippen molar-refractivity contribution < 1.29 is 9.90 Å². The molecule has 0 saturated heterocycles. The summed E-state index contributed by atoms with van der Waals surface area (Å²) in [7, 11) is 0. The lowest BCUT2D eigenvalue weighted by Crippen LogP contribution is -1.99. The van der Waals surface area contributed by atoms with Crippen molar-refractivity contribution in [3.63, 3.8) is 0 Å². The van der Waals surface area contributed by atoms with E-state index in [1.807, 2.05) is 30.3 Å². The molecule has 18 heavy (non-hydrogen) atoms. The number of benzene rings is 1. The lowest BCUT2D eigenvalue weighted by Gasteiger charge is -2.05. The standard InChI is InChI=1S/C12H11N3O2S/c16-12(17)7-18-11-6-10(13-8-14-11)15-9-4-2-1-3-5-9/h1-6,8H,7H2,(H,16,17)(H,13,14,15). The van der Waals surface area contributed by atoms with E-state index in [2.05, 4.69) is 15.3 Å². The Hall–Kier alpha value is -2.08. The number of aromatic nitrogens is 2. The van der Waals surface area contributed by atoms with Crippen LogP contribution in [0.5, 0.6) is 0 Å². The first-order valence-corrected chi connectivity index (χ1v) is 6.21. The molecule has 0 saturated carbocycles. The number of anilines is 2. The normalized spacial score (nSPS) is 10.0. The molecule has 0 unspecified atom stereocenters. The maximum Gasteiger partial charge on any atom is 0.313 e. The molecule has 6 heteroatoms. The molecule has 92 valence electrons. The highest BCUT2D eigenvalue weighted by Gasteiger charge is 2.03. The van der Waals surface area contributed by atoms with Crippen LogP contribution in [0.1, 0.15) is 0 Å². The highest BCUT2D eigenvalue weighted by atomic mass is 32.2. The molecular formula is C12H11N3O2S. The van der Waals surface area contributed by atoms with Crippen LogP contribution >= 0.6 is 11.8 Å². The third-order valence-electron chi connectivity index (χ3n) is 2.03. The Bertz CT molecular complexity index is 534. The van der Waals surface area contributed by atoms with Crippen molar-refractivity contribution in [3.8, 4) is 0 Å². The first-order valence-electron chi connectivity index (χ1n) is 5.23. The summed E-state index contributed by atoms with van der Waals surface area (Å²) in [5.41, 5.74) is 0.922. The van der Waals surface area contributed by atoms with Gasteiger partial charge in [-0.05, 0) is 12.1 Å². The van der Waals surface area contributed by atoms with Gasteiger partial charge in [0, 0.05) is 11.8 Å². The molecule has 1 aromatic carbocycles. The van der Waals surface area contributed by atoms with Gasteiger partial charge < -0.3 is 10.4 Å². The van der Waals surface area contributed by atoms with E-state index >= 15 is 0 Å². The minimum atomic E-state index is -0.865. The predicted molar refractivity (Wildman–Crippen MR) is 70.1 cm³/mol. The van der Waals surface area contributed by atoms with Crippen molar-refractivity contribution in [1.82, 2.24) is 9.97 Å². The molecule has 0 bridgehead atoms. The zero-order valence-electron chi connectivity index (χ0n) is 9.41. The van der Waals surface area contributed by atoms with Crippen molar-refractivity contribution in [2.75, 3.05) is 11.1 Å². The van der Waals surface area contributed by atoms with E-state index in [9.17, 15) is 4.79 Å².